The van der Waals surface area contributed by atoms with Gasteiger partial charge in [-0.3, -0.25) is 0 Å². The van der Waals surface area contributed by atoms with E-state index in [-0.39, 0.29) is 30.9 Å². The highest BCUT2D eigenvalue weighted by atomic mass is 16.7. The molecule has 0 aromatic heterocycles. The summed E-state index contributed by atoms with van der Waals surface area (Å²) in [4.78, 5) is 0. The lowest BCUT2D eigenvalue weighted by molar-refractivity contribution is -0.0998. The standard InChI is InChI=1S/C20H22O5/c21-15-5-1-13(2-6-15)3-7-17-10-16(22)11-19(25-17)14-4-8-18-20(9-14)24-12-23-18/h1-2,4-6,8-9,16-17,19,21-22H,3,7,10-12H2/t16-,17+,19+/m1/s1. The zero-order valence-electron chi connectivity index (χ0n) is 13.9. The maximum absolute atomic E-state index is 10.3. The van der Waals surface area contributed by atoms with Gasteiger partial charge in [-0.2, -0.15) is 0 Å². The van der Waals surface area contributed by atoms with Gasteiger partial charge in [0.1, 0.15) is 5.75 Å². The third-order valence-electron chi connectivity index (χ3n) is 4.84. The molecule has 1 fully saturated rings. The molecule has 2 aromatic carbocycles. The number of benzene rings is 2. The summed E-state index contributed by atoms with van der Waals surface area (Å²) >= 11 is 0. The van der Waals surface area contributed by atoms with Gasteiger partial charge in [0, 0.05) is 6.42 Å². The van der Waals surface area contributed by atoms with Crippen molar-refractivity contribution in [3.05, 3.63) is 53.6 Å². The Labute approximate surface area is 146 Å². The Morgan fingerprint density at radius 1 is 0.960 bits per heavy atom. The molecule has 0 bridgehead atoms. The Bertz CT molecular complexity index is 727. The van der Waals surface area contributed by atoms with Crippen LogP contribution in [0.5, 0.6) is 17.2 Å². The van der Waals surface area contributed by atoms with E-state index in [0.717, 1.165) is 35.5 Å². The second kappa shape index (κ2) is 6.94. The lowest BCUT2D eigenvalue weighted by atomic mass is 9.93. The van der Waals surface area contributed by atoms with Gasteiger partial charge >= 0.3 is 0 Å². The first kappa shape index (κ1) is 16.2. The van der Waals surface area contributed by atoms with Crippen molar-refractivity contribution in [3.63, 3.8) is 0 Å². The van der Waals surface area contributed by atoms with Gasteiger partial charge in [-0.1, -0.05) is 18.2 Å². The summed E-state index contributed by atoms with van der Waals surface area (Å²) < 4.78 is 17.0. The van der Waals surface area contributed by atoms with Crippen LogP contribution in [-0.2, 0) is 11.2 Å². The molecule has 2 aromatic rings. The fraction of sp³-hybridized carbons (Fsp3) is 0.400. The SMILES string of the molecule is Oc1ccc(CC[C@H]2C[C@@H](O)C[C@@H](c3ccc4c(c3)OCO4)O2)cc1. The number of aliphatic hydroxyl groups is 1. The lowest BCUT2D eigenvalue weighted by Gasteiger charge is -2.33. The van der Waals surface area contributed by atoms with Crippen molar-refractivity contribution in [1.82, 2.24) is 0 Å². The molecule has 0 spiro atoms. The Hall–Kier alpha value is -2.24. The summed E-state index contributed by atoms with van der Waals surface area (Å²) in [6.45, 7) is 0.252. The van der Waals surface area contributed by atoms with Gasteiger partial charge in [0.2, 0.25) is 6.79 Å². The number of phenolic OH excluding ortho intramolecular Hbond substituents is 1. The zero-order valence-corrected chi connectivity index (χ0v) is 13.9. The minimum absolute atomic E-state index is 0.00739. The van der Waals surface area contributed by atoms with E-state index in [9.17, 15) is 10.2 Å². The molecule has 2 heterocycles. The molecule has 5 nitrogen and oxygen atoms in total. The molecule has 0 saturated carbocycles. The van der Waals surface area contributed by atoms with Gasteiger partial charge in [0.25, 0.3) is 0 Å². The molecule has 3 atom stereocenters. The van der Waals surface area contributed by atoms with Crippen molar-refractivity contribution >= 4 is 0 Å². The molecule has 132 valence electrons. The number of hydrogen-bond acceptors (Lipinski definition) is 5. The highest BCUT2D eigenvalue weighted by Crippen LogP contribution is 2.39. The van der Waals surface area contributed by atoms with E-state index < -0.39 is 0 Å². The smallest absolute Gasteiger partial charge is 0.231 e. The van der Waals surface area contributed by atoms with E-state index >= 15 is 0 Å². The van der Waals surface area contributed by atoms with Gasteiger partial charge in [0.15, 0.2) is 11.5 Å². The second-order valence-corrected chi connectivity index (χ2v) is 6.69. The van der Waals surface area contributed by atoms with Crippen LogP contribution in [0.15, 0.2) is 42.5 Å². The number of aryl methyl sites for hydroxylation is 1. The van der Waals surface area contributed by atoms with Crippen molar-refractivity contribution in [1.29, 1.82) is 0 Å². The maximum Gasteiger partial charge on any atom is 0.231 e. The molecule has 0 radical (unpaired) electrons. The fourth-order valence-corrected chi connectivity index (χ4v) is 3.49. The van der Waals surface area contributed by atoms with Crippen LogP contribution < -0.4 is 9.47 Å². The Morgan fingerprint density at radius 2 is 1.76 bits per heavy atom. The van der Waals surface area contributed by atoms with Gasteiger partial charge in [-0.05, 0) is 54.7 Å². The molecule has 25 heavy (non-hydrogen) atoms. The Balaban J connectivity index is 1.41. The van der Waals surface area contributed by atoms with E-state index in [4.69, 9.17) is 14.2 Å². The number of aromatic hydroxyl groups is 1. The summed E-state index contributed by atoms with van der Waals surface area (Å²) in [5, 5.41) is 19.6. The monoisotopic (exact) mass is 342 g/mol. The lowest BCUT2D eigenvalue weighted by Crippen LogP contribution is -2.31. The number of phenols is 1. The minimum Gasteiger partial charge on any atom is -0.508 e. The first-order chi connectivity index (χ1) is 12.2. The van der Waals surface area contributed by atoms with E-state index in [1.807, 2.05) is 30.3 Å². The van der Waals surface area contributed by atoms with Gasteiger partial charge < -0.3 is 24.4 Å². The predicted octanol–water partition coefficient (Wildman–Crippen LogP) is 3.33. The summed E-state index contributed by atoms with van der Waals surface area (Å²) in [6, 6.07) is 13.1. The topological polar surface area (TPSA) is 68.2 Å². The van der Waals surface area contributed by atoms with E-state index in [1.165, 1.54) is 0 Å². The van der Waals surface area contributed by atoms with E-state index in [2.05, 4.69) is 0 Å². The molecule has 2 N–H and O–H groups in total. The predicted molar refractivity (Wildman–Crippen MR) is 91.8 cm³/mol. The first-order valence-electron chi connectivity index (χ1n) is 8.68. The average molecular weight is 342 g/mol. The third kappa shape index (κ3) is 3.72. The van der Waals surface area contributed by atoms with Crippen LogP contribution in [0.25, 0.3) is 0 Å². The van der Waals surface area contributed by atoms with Gasteiger partial charge in [-0.15, -0.1) is 0 Å². The molecular weight excluding hydrogens is 320 g/mol. The first-order valence-corrected chi connectivity index (χ1v) is 8.68. The van der Waals surface area contributed by atoms with Crippen molar-refractivity contribution in [2.45, 2.75) is 44.0 Å². The minimum atomic E-state index is -0.367. The third-order valence-corrected chi connectivity index (χ3v) is 4.84. The van der Waals surface area contributed by atoms with E-state index in [1.54, 1.807) is 12.1 Å². The van der Waals surface area contributed by atoms with Crippen LogP contribution in [0.1, 0.15) is 36.5 Å². The molecule has 0 amide bonds. The Kier molecular flexibility index (Phi) is 4.51. The maximum atomic E-state index is 10.3. The number of hydrogen-bond donors (Lipinski definition) is 2. The highest BCUT2D eigenvalue weighted by molar-refractivity contribution is 5.45. The molecule has 5 heteroatoms. The molecule has 2 aliphatic rings. The summed E-state index contributed by atoms with van der Waals surface area (Å²) in [5.41, 5.74) is 2.17. The number of rotatable bonds is 4. The molecule has 1 saturated heterocycles. The number of fused-ring (bicyclic) bond motifs is 1. The molecular formula is C20H22O5. The number of aliphatic hydroxyl groups excluding tert-OH is 1. The second-order valence-electron chi connectivity index (χ2n) is 6.69. The normalized spacial score (nSPS) is 25.1. The largest absolute Gasteiger partial charge is 0.508 e. The highest BCUT2D eigenvalue weighted by Gasteiger charge is 2.30. The van der Waals surface area contributed by atoms with Crippen LogP contribution in [-0.4, -0.2) is 29.2 Å². The Morgan fingerprint density at radius 3 is 2.60 bits per heavy atom. The van der Waals surface area contributed by atoms with Gasteiger partial charge in [0.05, 0.1) is 18.3 Å². The molecule has 2 aliphatic heterocycles. The van der Waals surface area contributed by atoms with Crippen LogP contribution in [0, 0.1) is 0 Å². The van der Waals surface area contributed by atoms with E-state index in [0.29, 0.717) is 12.8 Å². The van der Waals surface area contributed by atoms with Crippen LogP contribution >= 0.6 is 0 Å². The van der Waals surface area contributed by atoms with Crippen molar-refractivity contribution in [3.8, 4) is 17.2 Å². The molecule has 0 unspecified atom stereocenters. The summed E-state index contributed by atoms with van der Waals surface area (Å²) in [6.07, 6.45) is 2.44. The average Bonchev–Trinajstić information content (AvgIpc) is 3.08. The van der Waals surface area contributed by atoms with Crippen LogP contribution in [0.3, 0.4) is 0 Å². The summed E-state index contributed by atoms with van der Waals surface area (Å²) in [7, 11) is 0. The van der Waals surface area contributed by atoms with Crippen LogP contribution in [0.2, 0.25) is 0 Å². The van der Waals surface area contributed by atoms with Crippen molar-refractivity contribution < 1.29 is 24.4 Å². The zero-order chi connectivity index (χ0) is 17.2. The molecule has 0 aliphatic carbocycles. The fourth-order valence-electron chi connectivity index (χ4n) is 3.49. The van der Waals surface area contributed by atoms with Crippen molar-refractivity contribution in [2.75, 3.05) is 6.79 Å². The molecule has 4 rings (SSSR count). The van der Waals surface area contributed by atoms with Crippen LogP contribution in [0.4, 0.5) is 0 Å². The number of ether oxygens (including phenoxy) is 3. The van der Waals surface area contributed by atoms with Gasteiger partial charge in [-0.25, -0.2) is 0 Å². The quantitative estimate of drug-likeness (QED) is 0.892. The summed E-state index contributed by atoms with van der Waals surface area (Å²) in [5.74, 6) is 1.77. The van der Waals surface area contributed by atoms with Crippen molar-refractivity contribution in [2.24, 2.45) is 0 Å².